The zero-order valence-electron chi connectivity index (χ0n) is 25.4. The quantitative estimate of drug-likeness (QED) is 0.150. The number of cyclic esters (lactones) is 1. The van der Waals surface area contributed by atoms with Crippen molar-refractivity contribution in [2.45, 2.75) is 91.5 Å². The highest BCUT2D eigenvalue weighted by atomic mass is 28.4. The number of esters is 1. The van der Waals surface area contributed by atoms with Crippen molar-refractivity contribution >= 4 is 26.3 Å². The third-order valence-corrected chi connectivity index (χ3v) is 11.6. The lowest BCUT2D eigenvalue weighted by Gasteiger charge is -2.40. The van der Waals surface area contributed by atoms with Crippen molar-refractivity contribution in [2.24, 2.45) is 11.8 Å². The summed E-state index contributed by atoms with van der Waals surface area (Å²) < 4.78 is 23.1. The number of carbonyl (C=O) groups is 3. The second-order valence-corrected chi connectivity index (χ2v) is 17.5. The van der Waals surface area contributed by atoms with Crippen LogP contribution in [0.15, 0.2) is 34.8 Å². The number of hydrogen-bond acceptors (Lipinski definition) is 7. The molecule has 0 aromatic carbocycles. The minimum absolute atomic E-state index is 0.0426. The van der Waals surface area contributed by atoms with E-state index >= 15 is 0 Å². The van der Waals surface area contributed by atoms with E-state index in [-0.39, 0.29) is 29.4 Å². The van der Waals surface area contributed by atoms with Crippen molar-refractivity contribution in [3.05, 3.63) is 34.8 Å². The van der Waals surface area contributed by atoms with Crippen LogP contribution in [-0.2, 0) is 28.2 Å². The molecule has 1 heterocycles. The SMILES string of the molecule is COC1=CC2COC(=O)C2C(O[Si](C)(C)C(C)(C)C)=C1C/C=C(\C)CCC(=O)NCCNC(=O)OC(C)(C)C. The molecule has 0 aromatic rings. The summed E-state index contributed by atoms with van der Waals surface area (Å²) >= 11 is 0. The minimum Gasteiger partial charge on any atom is -0.545 e. The number of carbonyl (C=O) groups excluding carboxylic acids is 3. The van der Waals surface area contributed by atoms with Crippen LogP contribution in [0.1, 0.15) is 67.7 Å². The van der Waals surface area contributed by atoms with Gasteiger partial charge in [0, 0.05) is 31.0 Å². The Morgan fingerprint density at radius 1 is 1.10 bits per heavy atom. The van der Waals surface area contributed by atoms with Crippen molar-refractivity contribution in [3.8, 4) is 0 Å². The van der Waals surface area contributed by atoms with E-state index in [9.17, 15) is 14.4 Å². The Morgan fingerprint density at radius 2 is 1.74 bits per heavy atom. The molecule has 2 unspecified atom stereocenters. The largest absolute Gasteiger partial charge is 0.545 e. The summed E-state index contributed by atoms with van der Waals surface area (Å²) in [4.78, 5) is 36.7. The van der Waals surface area contributed by atoms with Gasteiger partial charge in [-0.05, 0) is 64.7 Å². The predicted octanol–water partition coefficient (Wildman–Crippen LogP) is 5.35. The first-order valence-corrected chi connectivity index (χ1v) is 16.6. The predicted molar refractivity (Wildman–Crippen MR) is 153 cm³/mol. The second kappa shape index (κ2) is 13.1. The monoisotopic (exact) mass is 564 g/mol. The third kappa shape index (κ3) is 9.44. The number of hydrogen-bond donors (Lipinski definition) is 2. The first-order chi connectivity index (χ1) is 17.9. The lowest BCUT2D eigenvalue weighted by molar-refractivity contribution is -0.140. The molecule has 2 aliphatic rings. The fourth-order valence-corrected chi connectivity index (χ4v) is 5.10. The molecule has 0 aromatic heterocycles. The maximum Gasteiger partial charge on any atom is 0.407 e. The first kappa shape index (κ1) is 32.5. The van der Waals surface area contributed by atoms with E-state index in [0.29, 0.717) is 43.9 Å². The van der Waals surface area contributed by atoms with Gasteiger partial charge in [0.05, 0.1) is 13.7 Å². The molecule has 1 saturated heterocycles. The number of nitrogens with one attached hydrogen (secondary N) is 2. The molecule has 0 spiro atoms. The average Bonchev–Trinajstić information content (AvgIpc) is 3.17. The van der Waals surface area contributed by atoms with Gasteiger partial charge in [-0.1, -0.05) is 32.4 Å². The molecule has 39 heavy (non-hydrogen) atoms. The summed E-state index contributed by atoms with van der Waals surface area (Å²) in [5.41, 5.74) is 1.34. The third-order valence-electron chi connectivity index (χ3n) is 7.25. The van der Waals surface area contributed by atoms with Gasteiger partial charge in [0.2, 0.25) is 14.2 Å². The zero-order valence-corrected chi connectivity index (χ0v) is 26.4. The van der Waals surface area contributed by atoms with Crippen LogP contribution in [-0.4, -0.2) is 58.7 Å². The maximum absolute atomic E-state index is 12.7. The molecule has 220 valence electrons. The number of fused-ring (bicyclic) bond motifs is 1. The average molecular weight is 565 g/mol. The van der Waals surface area contributed by atoms with Crippen LogP contribution in [0.25, 0.3) is 0 Å². The van der Waals surface area contributed by atoms with Gasteiger partial charge in [0.1, 0.15) is 23.0 Å². The number of amides is 2. The molecule has 0 radical (unpaired) electrons. The van der Waals surface area contributed by atoms with Crippen molar-refractivity contribution < 1.29 is 33.0 Å². The Hall–Kier alpha value is -2.75. The molecular weight excluding hydrogens is 516 g/mol. The topological polar surface area (TPSA) is 112 Å². The van der Waals surface area contributed by atoms with Crippen molar-refractivity contribution in [1.82, 2.24) is 10.6 Å². The van der Waals surface area contributed by atoms with E-state index in [1.165, 1.54) is 0 Å². The molecule has 0 saturated carbocycles. The van der Waals surface area contributed by atoms with Crippen LogP contribution in [0, 0.1) is 11.8 Å². The Morgan fingerprint density at radius 3 is 2.33 bits per heavy atom. The van der Waals surface area contributed by atoms with E-state index < -0.39 is 25.9 Å². The molecule has 2 rings (SSSR count). The molecule has 2 N–H and O–H groups in total. The Balaban J connectivity index is 2.04. The van der Waals surface area contributed by atoms with Gasteiger partial charge in [-0.2, -0.15) is 0 Å². The van der Waals surface area contributed by atoms with E-state index in [1.807, 2.05) is 13.0 Å². The highest BCUT2D eigenvalue weighted by Gasteiger charge is 2.48. The molecule has 0 bridgehead atoms. The summed E-state index contributed by atoms with van der Waals surface area (Å²) in [5, 5.41) is 5.39. The lowest BCUT2D eigenvalue weighted by atomic mass is 9.84. The molecule has 1 aliphatic carbocycles. The van der Waals surface area contributed by atoms with Crippen LogP contribution in [0.3, 0.4) is 0 Å². The van der Waals surface area contributed by atoms with Crippen molar-refractivity contribution in [2.75, 3.05) is 26.8 Å². The van der Waals surface area contributed by atoms with Crippen molar-refractivity contribution in [1.29, 1.82) is 0 Å². The fraction of sp³-hybridized carbons (Fsp3) is 0.690. The second-order valence-electron chi connectivity index (χ2n) is 12.7. The number of alkyl carbamates (subject to hydrolysis) is 1. The Kier molecular flexibility index (Phi) is 10.9. The number of rotatable bonds is 11. The highest BCUT2D eigenvalue weighted by Crippen LogP contribution is 2.46. The number of methoxy groups -OCH3 is 1. The van der Waals surface area contributed by atoms with Gasteiger partial charge in [-0.15, -0.1) is 0 Å². The molecule has 10 heteroatoms. The molecule has 2 amide bonds. The summed E-state index contributed by atoms with van der Waals surface area (Å²) in [5.74, 6) is 0.476. The first-order valence-electron chi connectivity index (χ1n) is 13.7. The van der Waals surface area contributed by atoms with Gasteiger partial charge in [0.15, 0.2) is 0 Å². The van der Waals surface area contributed by atoms with Crippen molar-refractivity contribution in [3.63, 3.8) is 0 Å². The molecule has 2 atom stereocenters. The standard InChI is InChI=1S/C29H48N2O7Si/c1-19(12-14-23(32)30-15-16-31-27(34)37-28(2,3)4)11-13-21-22(35-8)17-20-18-36-26(33)24(20)25(21)38-39(9,10)29(5,6)7/h11,17,20,24H,12-16,18H2,1-10H3,(H,30,32)(H,31,34)/b19-11+. The summed E-state index contributed by atoms with van der Waals surface area (Å²) in [7, 11) is -0.612. The normalized spacial score (nSPS) is 20.1. The minimum atomic E-state index is -2.24. The summed E-state index contributed by atoms with van der Waals surface area (Å²) in [6.45, 7) is 19.1. The molecular formula is C29H48N2O7Si. The van der Waals surface area contributed by atoms with Gasteiger partial charge in [0.25, 0.3) is 0 Å². The molecule has 1 aliphatic heterocycles. The van der Waals surface area contributed by atoms with E-state index in [2.05, 4.69) is 50.6 Å². The van der Waals surface area contributed by atoms with Crippen LogP contribution < -0.4 is 10.6 Å². The van der Waals surface area contributed by atoms with Crippen LogP contribution in [0.5, 0.6) is 0 Å². The number of ether oxygens (including phenoxy) is 3. The maximum atomic E-state index is 12.7. The Bertz CT molecular complexity index is 1020. The number of allylic oxidation sites excluding steroid dienone is 3. The van der Waals surface area contributed by atoms with Crippen LogP contribution >= 0.6 is 0 Å². The van der Waals surface area contributed by atoms with Gasteiger partial charge in [-0.3, -0.25) is 9.59 Å². The van der Waals surface area contributed by atoms with Gasteiger partial charge >= 0.3 is 12.1 Å². The summed E-state index contributed by atoms with van der Waals surface area (Å²) in [6, 6.07) is 0. The summed E-state index contributed by atoms with van der Waals surface area (Å²) in [6.07, 6.45) is 4.96. The van der Waals surface area contributed by atoms with Gasteiger partial charge in [-0.25, -0.2) is 4.79 Å². The van der Waals surface area contributed by atoms with E-state index in [0.717, 1.165) is 11.1 Å². The van der Waals surface area contributed by atoms with E-state index in [1.54, 1.807) is 27.9 Å². The fourth-order valence-electron chi connectivity index (χ4n) is 3.99. The van der Waals surface area contributed by atoms with Gasteiger partial charge < -0.3 is 29.3 Å². The lowest BCUT2D eigenvalue weighted by Crippen LogP contribution is -2.43. The van der Waals surface area contributed by atoms with E-state index in [4.69, 9.17) is 18.6 Å². The molecule has 9 nitrogen and oxygen atoms in total. The highest BCUT2D eigenvalue weighted by molar-refractivity contribution is 6.74. The Labute approximate surface area is 234 Å². The smallest absolute Gasteiger partial charge is 0.407 e. The van der Waals surface area contributed by atoms with Crippen LogP contribution in [0.4, 0.5) is 4.79 Å². The zero-order chi connectivity index (χ0) is 29.6. The molecule has 1 fully saturated rings. The van der Waals surface area contributed by atoms with Crippen LogP contribution in [0.2, 0.25) is 18.1 Å².